The van der Waals surface area contributed by atoms with Crippen LogP contribution in [0.3, 0.4) is 0 Å². The molecule has 0 aliphatic heterocycles. The number of thiazole rings is 1. The Bertz CT molecular complexity index is 1600. The lowest BCUT2D eigenvalue weighted by atomic mass is 9.85. The van der Waals surface area contributed by atoms with Crippen LogP contribution in [0, 0.1) is 11.7 Å². The summed E-state index contributed by atoms with van der Waals surface area (Å²) in [5, 5.41) is 3.39. The fourth-order valence-electron chi connectivity index (χ4n) is 5.32. The molecule has 1 saturated carbocycles. The molecular formula is C29H25ClFN5OS. The first-order chi connectivity index (χ1) is 18.6. The Morgan fingerprint density at radius 1 is 1.08 bits per heavy atom. The molecule has 0 spiro atoms. The summed E-state index contributed by atoms with van der Waals surface area (Å²) in [5.41, 5.74) is 4.01. The Hall–Kier alpha value is -3.62. The number of nitrogens with zero attached hydrogens (tertiary/aromatic N) is 4. The van der Waals surface area contributed by atoms with E-state index in [1.807, 2.05) is 36.4 Å². The molecule has 1 aliphatic carbocycles. The van der Waals surface area contributed by atoms with Crippen LogP contribution in [0.1, 0.15) is 41.5 Å². The molecule has 38 heavy (non-hydrogen) atoms. The lowest BCUT2D eigenvalue weighted by Crippen LogP contribution is -2.32. The third-order valence-corrected chi connectivity index (χ3v) is 8.22. The van der Waals surface area contributed by atoms with Gasteiger partial charge in [0.25, 0.3) is 5.91 Å². The van der Waals surface area contributed by atoms with E-state index >= 15 is 4.39 Å². The fraction of sp³-hybridized carbons (Fsp3) is 0.241. The van der Waals surface area contributed by atoms with Gasteiger partial charge < -0.3 is 9.88 Å². The van der Waals surface area contributed by atoms with Crippen LogP contribution >= 0.6 is 22.9 Å². The molecule has 0 bridgehead atoms. The second-order valence-electron chi connectivity index (χ2n) is 9.58. The number of amides is 1. The summed E-state index contributed by atoms with van der Waals surface area (Å²) >= 11 is 7.11. The summed E-state index contributed by atoms with van der Waals surface area (Å²) < 4.78 is 17.7. The maximum Gasteiger partial charge on any atom is 0.280 e. The Balaban J connectivity index is 1.35. The zero-order valence-electron chi connectivity index (χ0n) is 20.5. The summed E-state index contributed by atoms with van der Waals surface area (Å²) in [6.07, 6.45) is 7.06. The van der Waals surface area contributed by atoms with Gasteiger partial charge in [-0.2, -0.15) is 0 Å². The third kappa shape index (κ3) is 4.93. The molecule has 2 aromatic carbocycles. The smallest absolute Gasteiger partial charge is 0.280 e. The number of halogens is 2. The molecule has 6 nitrogen and oxygen atoms in total. The van der Waals surface area contributed by atoms with Crippen LogP contribution in [0.2, 0.25) is 4.34 Å². The summed E-state index contributed by atoms with van der Waals surface area (Å²) in [6, 6.07) is 18.9. The van der Waals surface area contributed by atoms with Crippen molar-refractivity contribution in [3.8, 4) is 22.6 Å². The van der Waals surface area contributed by atoms with Crippen molar-refractivity contribution in [2.45, 2.75) is 31.7 Å². The lowest BCUT2D eigenvalue weighted by molar-refractivity contribution is 0.0940. The maximum absolute atomic E-state index is 15.0. The molecule has 6 rings (SSSR count). The third-order valence-electron chi connectivity index (χ3n) is 7.10. The van der Waals surface area contributed by atoms with Gasteiger partial charge in [-0.15, -0.1) is 0 Å². The first-order valence-electron chi connectivity index (χ1n) is 12.6. The van der Waals surface area contributed by atoms with Gasteiger partial charge in [-0.3, -0.25) is 9.78 Å². The summed E-state index contributed by atoms with van der Waals surface area (Å²) in [7, 11) is 0. The molecule has 9 heteroatoms. The number of imidazole rings is 1. The minimum Gasteiger partial charge on any atom is -0.350 e. The minimum atomic E-state index is -0.304. The average Bonchev–Trinajstić information content (AvgIpc) is 3.56. The van der Waals surface area contributed by atoms with Gasteiger partial charge in [-0.1, -0.05) is 71.8 Å². The molecule has 1 aliphatic rings. The van der Waals surface area contributed by atoms with E-state index in [9.17, 15) is 4.79 Å². The van der Waals surface area contributed by atoms with E-state index < -0.39 is 0 Å². The van der Waals surface area contributed by atoms with Crippen LogP contribution in [0.4, 0.5) is 4.39 Å². The number of hydrogen-bond donors (Lipinski definition) is 1. The van der Waals surface area contributed by atoms with E-state index in [0.29, 0.717) is 27.3 Å². The van der Waals surface area contributed by atoms with Crippen molar-refractivity contribution in [3.63, 3.8) is 0 Å². The summed E-state index contributed by atoms with van der Waals surface area (Å²) in [4.78, 5) is 26.1. The Morgan fingerprint density at radius 3 is 2.68 bits per heavy atom. The van der Waals surface area contributed by atoms with Crippen LogP contribution in [0.15, 0.2) is 73.1 Å². The van der Waals surface area contributed by atoms with E-state index in [2.05, 4.69) is 25.9 Å². The molecule has 3 aromatic heterocycles. The highest BCUT2D eigenvalue weighted by Crippen LogP contribution is 2.39. The average molecular weight is 546 g/mol. The van der Waals surface area contributed by atoms with E-state index in [0.717, 1.165) is 48.0 Å². The molecule has 5 aromatic rings. The number of pyridine rings is 1. The zero-order chi connectivity index (χ0) is 26.1. The highest BCUT2D eigenvalue weighted by molar-refractivity contribution is 7.17. The first-order valence-corrected chi connectivity index (χ1v) is 13.8. The van der Waals surface area contributed by atoms with Gasteiger partial charge in [-0.25, -0.2) is 14.4 Å². The van der Waals surface area contributed by atoms with Crippen molar-refractivity contribution < 1.29 is 9.18 Å². The quantitative estimate of drug-likeness (QED) is 0.245. The molecule has 192 valence electrons. The number of benzene rings is 2. The standard InChI is InChI=1S/C29H25ClFN5OS/c30-26-17-34-29(38-26)28(37)33-15-18-7-6-10-20(13-18)36-25-14-23(19-8-2-1-3-9-19)32-16-24(25)35-27(36)21-11-4-5-12-22(21)31/h1-5,8-9,11-12,14,16-18,20H,6-7,10,13,15H2,(H,33,37)/t18?,20-/m1/s1. The first kappa shape index (κ1) is 24.7. The van der Waals surface area contributed by atoms with E-state index in [1.165, 1.54) is 23.6 Å². The Morgan fingerprint density at radius 2 is 1.89 bits per heavy atom. The highest BCUT2D eigenvalue weighted by Gasteiger charge is 2.28. The van der Waals surface area contributed by atoms with Crippen molar-refractivity contribution in [2.24, 2.45) is 5.92 Å². The summed E-state index contributed by atoms with van der Waals surface area (Å²) in [6.45, 7) is 0.547. The van der Waals surface area contributed by atoms with Gasteiger partial charge in [0, 0.05) is 18.2 Å². The maximum atomic E-state index is 15.0. The number of hydrogen-bond acceptors (Lipinski definition) is 5. The molecular weight excluding hydrogens is 521 g/mol. The van der Waals surface area contributed by atoms with Gasteiger partial charge in [0.2, 0.25) is 0 Å². The molecule has 0 saturated heterocycles. The van der Waals surface area contributed by atoms with Gasteiger partial charge in [0.1, 0.15) is 21.5 Å². The number of rotatable bonds is 6. The monoisotopic (exact) mass is 545 g/mol. The molecule has 3 heterocycles. The van der Waals surface area contributed by atoms with Crippen LogP contribution in [0.25, 0.3) is 33.7 Å². The second-order valence-corrected chi connectivity index (χ2v) is 11.2. The van der Waals surface area contributed by atoms with Crippen LogP contribution in [-0.4, -0.2) is 32.0 Å². The fourth-order valence-corrected chi connectivity index (χ4v) is 6.15. The van der Waals surface area contributed by atoms with Crippen LogP contribution in [0.5, 0.6) is 0 Å². The molecule has 1 unspecified atom stereocenters. The normalized spacial score (nSPS) is 17.5. The lowest BCUT2D eigenvalue weighted by Gasteiger charge is -2.31. The Labute approximate surface area is 228 Å². The topological polar surface area (TPSA) is 72.7 Å². The predicted molar refractivity (Wildman–Crippen MR) is 149 cm³/mol. The predicted octanol–water partition coefficient (Wildman–Crippen LogP) is 7.18. The van der Waals surface area contributed by atoms with Crippen molar-refractivity contribution in [2.75, 3.05) is 6.54 Å². The van der Waals surface area contributed by atoms with Crippen molar-refractivity contribution >= 4 is 39.9 Å². The number of fused-ring (bicyclic) bond motifs is 1. The van der Waals surface area contributed by atoms with Crippen LogP contribution in [-0.2, 0) is 0 Å². The van der Waals surface area contributed by atoms with Gasteiger partial charge >= 0.3 is 0 Å². The molecule has 0 radical (unpaired) electrons. The van der Waals surface area contributed by atoms with Crippen molar-refractivity contribution in [1.82, 2.24) is 24.8 Å². The Kier molecular flexibility index (Phi) is 6.91. The minimum absolute atomic E-state index is 0.102. The zero-order valence-corrected chi connectivity index (χ0v) is 22.1. The number of aromatic nitrogens is 4. The molecule has 1 fully saturated rings. The summed E-state index contributed by atoms with van der Waals surface area (Å²) in [5.74, 6) is 0.372. The molecule has 1 amide bonds. The van der Waals surface area contributed by atoms with Gasteiger partial charge in [0.15, 0.2) is 5.01 Å². The largest absolute Gasteiger partial charge is 0.350 e. The molecule has 2 atom stereocenters. The SMILES string of the molecule is O=C(NCC1CCC[C@@H](n2c(-c3ccccc3F)nc3cnc(-c4ccccc4)cc32)C1)c1ncc(Cl)s1. The second kappa shape index (κ2) is 10.6. The van der Waals surface area contributed by atoms with E-state index in [-0.39, 0.29) is 23.7 Å². The van der Waals surface area contributed by atoms with Crippen molar-refractivity contribution in [1.29, 1.82) is 0 Å². The number of nitrogens with one attached hydrogen (secondary N) is 1. The number of carbonyl (C=O) groups excluding carboxylic acids is 1. The number of carbonyl (C=O) groups is 1. The van der Waals surface area contributed by atoms with E-state index in [1.54, 1.807) is 18.3 Å². The molecule has 1 N–H and O–H groups in total. The van der Waals surface area contributed by atoms with Gasteiger partial charge in [-0.05, 0) is 43.4 Å². The van der Waals surface area contributed by atoms with Crippen molar-refractivity contribution in [3.05, 3.63) is 88.2 Å². The van der Waals surface area contributed by atoms with Crippen LogP contribution < -0.4 is 5.32 Å². The van der Waals surface area contributed by atoms with E-state index in [4.69, 9.17) is 16.6 Å². The van der Waals surface area contributed by atoms with Gasteiger partial charge in [0.05, 0.1) is 29.2 Å². The highest BCUT2D eigenvalue weighted by atomic mass is 35.5.